The Balaban J connectivity index is 2.21. The van der Waals surface area contributed by atoms with Gasteiger partial charge < -0.3 is 10.6 Å². The molecule has 4 amide bonds. The number of carbonyl (C=O) groups excluding carboxylic acids is 3. The molecule has 0 saturated carbocycles. The van der Waals surface area contributed by atoms with Crippen LogP contribution in [-0.4, -0.2) is 35.8 Å². The second-order valence-electron chi connectivity index (χ2n) is 6.27. The molecule has 2 N–H and O–H groups in total. The van der Waals surface area contributed by atoms with Crippen molar-refractivity contribution in [3.63, 3.8) is 0 Å². The van der Waals surface area contributed by atoms with Crippen LogP contribution in [0.15, 0.2) is 18.2 Å². The molecular formula is C16H19F2N3O3. The van der Waals surface area contributed by atoms with E-state index in [1.165, 1.54) is 6.92 Å². The van der Waals surface area contributed by atoms with Crippen molar-refractivity contribution in [3.8, 4) is 0 Å². The van der Waals surface area contributed by atoms with E-state index in [1.54, 1.807) is 0 Å². The molecular weight excluding hydrogens is 320 g/mol. The van der Waals surface area contributed by atoms with Crippen molar-refractivity contribution in [3.05, 3.63) is 35.4 Å². The summed E-state index contributed by atoms with van der Waals surface area (Å²) in [6.07, 6.45) is 0. The molecule has 1 aromatic rings. The van der Waals surface area contributed by atoms with Crippen molar-refractivity contribution in [1.82, 2.24) is 15.5 Å². The normalized spacial score (nSPS) is 20.5. The highest BCUT2D eigenvalue weighted by atomic mass is 19.1. The molecule has 0 radical (unpaired) electrons. The molecule has 0 bridgehead atoms. The summed E-state index contributed by atoms with van der Waals surface area (Å²) in [6, 6.07) is 1.83. The van der Waals surface area contributed by atoms with E-state index in [0.717, 1.165) is 18.2 Å². The highest BCUT2D eigenvalue weighted by Gasteiger charge is 2.50. The van der Waals surface area contributed by atoms with Crippen LogP contribution in [-0.2, 0) is 15.1 Å². The van der Waals surface area contributed by atoms with E-state index < -0.39 is 41.6 Å². The summed E-state index contributed by atoms with van der Waals surface area (Å²) in [5.41, 5.74) is -2.05. The van der Waals surface area contributed by atoms with Gasteiger partial charge in [-0.05, 0) is 31.0 Å². The number of carbonyl (C=O) groups is 3. The molecule has 2 rings (SSSR count). The van der Waals surface area contributed by atoms with E-state index in [9.17, 15) is 23.2 Å². The van der Waals surface area contributed by atoms with Crippen molar-refractivity contribution in [1.29, 1.82) is 0 Å². The van der Waals surface area contributed by atoms with Gasteiger partial charge in [0.1, 0.15) is 23.7 Å². The van der Waals surface area contributed by atoms with Gasteiger partial charge in [0.25, 0.3) is 5.91 Å². The monoisotopic (exact) mass is 339 g/mol. The molecule has 1 heterocycles. The summed E-state index contributed by atoms with van der Waals surface area (Å²) < 4.78 is 27.4. The first-order valence-electron chi connectivity index (χ1n) is 7.51. The number of nitrogens with one attached hydrogen (secondary N) is 2. The van der Waals surface area contributed by atoms with Gasteiger partial charge in [0.15, 0.2) is 0 Å². The Hall–Kier alpha value is -2.51. The number of benzene rings is 1. The zero-order valence-corrected chi connectivity index (χ0v) is 13.7. The van der Waals surface area contributed by atoms with Gasteiger partial charge in [-0.3, -0.25) is 14.5 Å². The van der Waals surface area contributed by atoms with Crippen molar-refractivity contribution >= 4 is 17.8 Å². The lowest BCUT2D eigenvalue weighted by atomic mass is 9.91. The molecule has 8 heteroatoms. The summed E-state index contributed by atoms with van der Waals surface area (Å²) >= 11 is 0. The minimum atomic E-state index is -1.76. The van der Waals surface area contributed by atoms with E-state index in [1.807, 2.05) is 13.8 Å². The van der Waals surface area contributed by atoms with Crippen molar-refractivity contribution in [2.45, 2.75) is 26.3 Å². The number of rotatable bonds is 5. The molecule has 1 fully saturated rings. The molecule has 1 aromatic carbocycles. The third-order valence-corrected chi connectivity index (χ3v) is 3.75. The maximum Gasteiger partial charge on any atom is 0.325 e. The lowest BCUT2D eigenvalue weighted by molar-refractivity contribution is -0.134. The molecule has 24 heavy (non-hydrogen) atoms. The van der Waals surface area contributed by atoms with E-state index >= 15 is 0 Å². The van der Waals surface area contributed by atoms with Gasteiger partial charge in [0.2, 0.25) is 5.91 Å². The third-order valence-electron chi connectivity index (χ3n) is 3.75. The summed E-state index contributed by atoms with van der Waals surface area (Å²) in [6.45, 7) is 4.99. The first-order valence-corrected chi connectivity index (χ1v) is 7.51. The van der Waals surface area contributed by atoms with Gasteiger partial charge in [-0.1, -0.05) is 13.8 Å². The predicted molar refractivity (Wildman–Crippen MR) is 81.8 cm³/mol. The number of halogens is 2. The summed E-state index contributed by atoms with van der Waals surface area (Å²) in [7, 11) is 0. The van der Waals surface area contributed by atoms with Crippen LogP contribution in [0.2, 0.25) is 0 Å². The van der Waals surface area contributed by atoms with Gasteiger partial charge in [-0.2, -0.15) is 0 Å². The molecule has 1 aliphatic heterocycles. The van der Waals surface area contributed by atoms with Gasteiger partial charge in [0.05, 0.1) is 0 Å². The highest BCUT2D eigenvalue weighted by molar-refractivity contribution is 6.09. The molecule has 0 aliphatic carbocycles. The summed E-state index contributed by atoms with van der Waals surface area (Å²) in [5, 5.41) is 4.93. The Morgan fingerprint density at radius 3 is 2.62 bits per heavy atom. The van der Waals surface area contributed by atoms with E-state index in [0.29, 0.717) is 11.4 Å². The molecule has 0 aromatic heterocycles. The Morgan fingerprint density at radius 2 is 2.00 bits per heavy atom. The fraction of sp³-hybridized carbons (Fsp3) is 0.438. The van der Waals surface area contributed by atoms with Crippen LogP contribution in [0.4, 0.5) is 13.6 Å². The van der Waals surface area contributed by atoms with Crippen LogP contribution < -0.4 is 10.6 Å². The minimum absolute atomic E-state index is 0.212. The zero-order chi connectivity index (χ0) is 18.1. The van der Waals surface area contributed by atoms with Crippen molar-refractivity contribution < 1.29 is 23.2 Å². The molecule has 6 nitrogen and oxygen atoms in total. The highest BCUT2D eigenvalue weighted by Crippen LogP contribution is 2.31. The molecule has 1 saturated heterocycles. The van der Waals surface area contributed by atoms with Crippen molar-refractivity contribution in [2.75, 3.05) is 13.1 Å². The van der Waals surface area contributed by atoms with Crippen LogP contribution in [0.1, 0.15) is 26.3 Å². The van der Waals surface area contributed by atoms with Gasteiger partial charge in [-0.25, -0.2) is 13.6 Å². The average Bonchev–Trinajstić information content (AvgIpc) is 2.72. The van der Waals surface area contributed by atoms with Crippen LogP contribution in [0, 0.1) is 17.6 Å². The number of hydrogen-bond donors (Lipinski definition) is 2. The Labute approximate surface area is 138 Å². The average molecular weight is 339 g/mol. The first-order chi connectivity index (χ1) is 11.1. The Morgan fingerprint density at radius 1 is 1.33 bits per heavy atom. The van der Waals surface area contributed by atoms with Gasteiger partial charge >= 0.3 is 6.03 Å². The third kappa shape index (κ3) is 3.37. The van der Waals surface area contributed by atoms with Gasteiger partial charge in [-0.15, -0.1) is 0 Å². The summed E-state index contributed by atoms with van der Waals surface area (Å²) in [5.74, 6) is -2.65. The number of amides is 4. The lowest BCUT2D eigenvalue weighted by Gasteiger charge is -2.22. The largest absolute Gasteiger partial charge is 0.354 e. The smallest absolute Gasteiger partial charge is 0.325 e. The second kappa shape index (κ2) is 6.54. The zero-order valence-electron chi connectivity index (χ0n) is 13.7. The standard InChI is InChI=1S/C16H19F2N3O3/c1-9(2)7-19-13(22)8-21-14(23)16(3,20-15(21)24)11-6-10(17)4-5-12(11)18/h4-6,9H,7-8H2,1-3H3,(H,19,22)(H,20,24)/t16-/m0/s1. The van der Waals surface area contributed by atoms with E-state index in [2.05, 4.69) is 10.6 Å². The topological polar surface area (TPSA) is 78.5 Å². The van der Waals surface area contributed by atoms with Crippen LogP contribution >= 0.6 is 0 Å². The maximum atomic E-state index is 14.0. The molecule has 1 atom stereocenters. The van der Waals surface area contributed by atoms with E-state index in [-0.39, 0.29) is 11.5 Å². The Kier molecular flexibility index (Phi) is 4.86. The second-order valence-corrected chi connectivity index (χ2v) is 6.27. The summed E-state index contributed by atoms with van der Waals surface area (Å²) in [4.78, 5) is 37.1. The quantitative estimate of drug-likeness (QED) is 0.798. The number of urea groups is 1. The van der Waals surface area contributed by atoms with E-state index in [4.69, 9.17) is 0 Å². The van der Waals surface area contributed by atoms with Crippen molar-refractivity contribution in [2.24, 2.45) is 5.92 Å². The molecule has 0 spiro atoms. The molecule has 130 valence electrons. The fourth-order valence-electron chi connectivity index (χ4n) is 2.42. The number of hydrogen-bond acceptors (Lipinski definition) is 3. The Bertz CT molecular complexity index is 693. The lowest BCUT2D eigenvalue weighted by Crippen LogP contribution is -2.44. The maximum absolute atomic E-state index is 14.0. The molecule has 1 aliphatic rings. The van der Waals surface area contributed by atoms with Crippen LogP contribution in [0.25, 0.3) is 0 Å². The SMILES string of the molecule is CC(C)CNC(=O)CN1C(=O)N[C@@](C)(c2cc(F)ccc2F)C1=O. The van der Waals surface area contributed by atoms with Gasteiger partial charge in [0, 0.05) is 12.1 Å². The van der Waals surface area contributed by atoms with Crippen LogP contribution in [0.3, 0.4) is 0 Å². The minimum Gasteiger partial charge on any atom is -0.354 e. The number of imide groups is 1. The van der Waals surface area contributed by atoms with Crippen LogP contribution in [0.5, 0.6) is 0 Å². The number of nitrogens with zero attached hydrogens (tertiary/aromatic N) is 1. The fourth-order valence-corrected chi connectivity index (χ4v) is 2.42. The first kappa shape index (κ1) is 17.8. The predicted octanol–water partition coefficient (Wildman–Crippen LogP) is 1.50. The molecule has 0 unspecified atom stereocenters.